The van der Waals surface area contributed by atoms with Crippen molar-refractivity contribution in [2.45, 2.75) is 86.8 Å². The molecule has 2 aliphatic heterocycles. The minimum atomic E-state index is -3.71. The molecule has 13 nitrogen and oxygen atoms in total. The average Bonchev–Trinajstić information content (AvgIpc) is 4.08. The average molecular weight is 725 g/mol. The van der Waals surface area contributed by atoms with Crippen LogP contribution >= 0.6 is 0 Å². The highest BCUT2D eigenvalue weighted by molar-refractivity contribution is 7.91. The van der Waals surface area contributed by atoms with Gasteiger partial charge < -0.3 is 15.4 Å². The molecule has 4 aliphatic rings. The Morgan fingerprint density at radius 3 is 2.62 bits per heavy atom. The fourth-order valence-electron chi connectivity index (χ4n) is 7.77. The van der Waals surface area contributed by atoms with Crippen LogP contribution in [0.3, 0.4) is 0 Å². The number of fused-ring (bicyclic) bond motifs is 5. The predicted molar refractivity (Wildman–Crippen MR) is 196 cm³/mol. The number of amides is 2. The summed E-state index contributed by atoms with van der Waals surface area (Å²) in [6.07, 6.45) is 17.1. The standard InChI is InChI=1S/C38H44N8O5S/c47-35(33-22-39-17-18-40-33)43-26-10-5-3-1-2-4-9-25-20-38(25,37(48)45-52(49,50)29-14-15-29)42-21-27-19-28(24-46(27)23-26)51-36-32-12-7-6-11-30(32)31-13-8-16-41-34(31)44-36/h4,6-9,11-13,16-18,22,25-29,42H,1-3,5,10,14-15,19-21,23-24H2,(H,43,47)(H,45,48)/b9-4-/t25-,26+,27+,28-,38-/m1/s1. The molecule has 5 heterocycles. The molecule has 14 heteroatoms. The topological polar surface area (TPSA) is 168 Å². The van der Waals surface area contributed by atoms with Gasteiger partial charge in [0.1, 0.15) is 17.3 Å². The first-order chi connectivity index (χ1) is 25.3. The lowest BCUT2D eigenvalue weighted by molar-refractivity contribution is -0.122. The summed E-state index contributed by atoms with van der Waals surface area (Å²) in [5.74, 6) is -0.338. The Hall–Kier alpha value is -4.53. The summed E-state index contributed by atoms with van der Waals surface area (Å²) in [5, 5.41) is 9.16. The van der Waals surface area contributed by atoms with Gasteiger partial charge in [0.05, 0.1) is 11.4 Å². The number of carbonyl (C=O) groups excluding carboxylic acids is 2. The zero-order valence-electron chi connectivity index (χ0n) is 29.0. The maximum Gasteiger partial charge on any atom is 0.271 e. The summed E-state index contributed by atoms with van der Waals surface area (Å²) in [6.45, 7) is 1.56. The lowest BCUT2D eigenvalue weighted by atomic mass is 10.1. The lowest BCUT2D eigenvalue weighted by Gasteiger charge is -2.30. The summed E-state index contributed by atoms with van der Waals surface area (Å²) in [5.41, 5.74) is -0.134. The number of nitrogens with zero attached hydrogens (tertiary/aromatic N) is 5. The Morgan fingerprint density at radius 1 is 0.942 bits per heavy atom. The van der Waals surface area contributed by atoms with Crippen molar-refractivity contribution in [3.8, 4) is 5.88 Å². The number of aromatic nitrogens is 4. The number of nitrogens with one attached hydrogen (secondary N) is 3. The smallest absolute Gasteiger partial charge is 0.271 e. The summed E-state index contributed by atoms with van der Waals surface area (Å²) < 4.78 is 34.9. The third kappa shape index (κ3) is 7.37. The van der Waals surface area contributed by atoms with Crippen molar-refractivity contribution in [3.05, 3.63) is 79.0 Å². The molecule has 5 atom stereocenters. The molecule has 3 fully saturated rings. The molecule has 0 bridgehead atoms. The molecule has 8 rings (SSSR count). The van der Waals surface area contributed by atoms with Crippen LogP contribution in [0.4, 0.5) is 0 Å². The summed E-state index contributed by atoms with van der Waals surface area (Å²) in [4.78, 5) is 47.0. The highest BCUT2D eigenvalue weighted by Crippen LogP contribution is 2.46. The first-order valence-electron chi connectivity index (χ1n) is 18.4. The first-order valence-corrected chi connectivity index (χ1v) is 19.9. The van der Waals surface area contributed by atoms with E-state index in [1.807, 2.05) is 30.3 Å². The number of sulfonamides is 1. The van der Waals surface area contributed by atoms with Crippen LogP contribution in [0.15, 0.2) is 73.3 Å². The third-order valence-electron chi connectivity index (χ3n) is 10.9. The van der Waals surface area contributed by atoms with E-state index >= 15 is 0 Å². The van der Waals surface area contributed by atoms with Crippen LogP contribution < -0.4 is 20.1 Å². The third-order valence-corrected chi connectivity index (χ3v) is 12.7. The van der Waals surface area contributed by atoms with E-state index in [0.29, 0.717) is 56.8 Å². The quantitative estimate of drug-likeness (QED) is 0.188. The number of pyridine rings is 2. The Labute approximate surface area is 303 Å². The molecule has 0 unspecified atom stereocenters. The second kappa shape index (κ2) is 14.5. The molecule has 2 saturated carbocycles. The number of allylic oxidation sites excluding steroid dienone is 1. The monoisotopic (exact) mass is 724 g/mol. The van der Waals surface area contributed by atoms with Gasteiger partial charge in [0.2, 0.25) is 15.9 Å². The highest BCUT2D eigenvalue weighted by atomic mass is 32.2. The first kappa shape index (κ1) is 34.6. The molecule has 52 heavy (non-hydrogen) atoms. The second-order valence-electron chi connectivity index (χ2n) is 14.6. The van der Waals surface area contributed by atoms with Gasteiger partial charge >= 0.3 is 0 Å². The molecule has 2 aliphatic carbocycles. The van der Waals surface area contributed by atoms with Crippen molar-refractivity contribution in [1.29, 1.82) is 0 Å². The number of rotatable bonds is 7. The summed E-state index contributed by atoms with van der Waals surface area (Å²) >= 11 is 0. The molecule has 272 valence electrons. The maximum absolute atomic E-state index is 13.7. The van der Waals surface area contributed by atoms with Crippen molar-refractivity contribution in [3.63, 3.8) is 0 Å². The van der Waals surface area contributed by atoms with Crippen LogP contribution in [0, 0.1) is 5.92 Å². The Bertz CT molecular complexity index is 2100. The SMILES string of the molecule is O=C(N[C@H]1CCCCC/C=C\[C@@H]2C[C@@]2(C(=O)NS(=O)(=O)C2CC2)NC[C@@H]2C[C@@H](Oc3nc4ncccc4c4ccccc34)CN2C1)c1cnccn1. The van der Waals surface area contributed by atoms with Crippen LogP contribution in [0.2, 0.25) is 0 Å². The van der Waals surface area contributed by atoms with E-state index in [-0.39, 0.29) is 35.7 Å². The fourth-order valence-corrected chi connectivity index (χ4v) is 9.13. The molecule has 1 aromatic carbocycles. The molecule has 4 aromatic rings. The zero-order chi connectivity index (χ0) is 35.7. The molecule has 3 aromatic heterocycles. The van der Waals surface area contributed by atoms with Crippen LogP contribution in [0.5, 0.6) is 5.88 Å². The van der Waals surface area contributed by atoms with Gasteiger partial charge in [0.15, 0.2) is 5.65 Å². The molecular weight excluding hydrogens is 681 g/mol. The molecule has 2 amide bonds. The van der Waals surface area contributed by atoms with Crippen LogP contribution in [0.1, 0.15) is 68.3 Å². The molecular formula is C38H44N8O5S. The number of hydrogen-bond donors (Lipinski definition) is 3. The number of benzene rings is 1. The van der Waals surface area contributed by atoms with Crippen LogP contribution in [-0.2, 0) is 14.8 Å². The van der Waals surface area contributed by atoms with Crippen molar-refractivity contribution < 1.29 is 22.7 Å². The Kier molecular flexibility index (Phi) is 9.62. The predicted octanol–water partition coefficient (Wildman–Crippen LogP) is 3.67. The van der Waals surface area contributed by atoms with E-state index < -0.39 is 26.7 Å². The fraction of sp³-hybridized carbons (Fsp3) is 0.474. The largest absolute Gasteiger partial charge is 0.472 e. The minimum Gasteiger partial charge on any atom is -0.472 e. The Balaban J connectivity index is 1.07. The van der Waals surface area contributed by atoms with Gasteiger partial charge in [-0.05, 0) is 62.1 Å². The van der Waals surface area contributed by atoms with Gasteiger partial charge in [-0.25, -0.2) is 18.4 Å². The van der Waals surface area contributed by atoms with Gasteiger partial charge in [-0.2, -0.15) is 4.98 Å². The van der Waals surface area contributed by atoms with Gasteiger partial charge in [-0.1, -0.05) is 43.2 Å². The van der Waals surface area contributed by atoms with E-state index in [1.165, 1.54) is 12.4 Å². The normalized spacial score (nSPS) is 27.8. The van der Waals surface area contributed by atoms with E-state index in [1.54, 1.807) is 12.4 Å². The molecule has 0 spiro atoms. The number of carbonyl (C=O) groups is 2. The van der Waals surface area contributed by atoms with Crippen molar-refractivity contribution in [2.24, 2.45) is 5.92 Å². The number of ether oxygens (including phenoxy) is 1. The van der Waals surface area contributed by atoms with Crippen LogP contribution in [0.25, 0.3) is 21.8 Å². The summed E-state index contributed by atoms with van der Waals surface area (Å²) in [7, 11) is -3.71. The van der Waals surface area contributed by atoms with Crippen molar-refractivity contribution in [1.82, 2.24) is 40.2 Å². The van der Waals surface area contributed by atoms with Gasteiger partial charge in [0.25, 0.3) is 11.8 Å². The van der Waals surface area contributed by atoms with Gasteiger partial charge in [-0.3, -0.25) is 24.2 Å². The summed E-state index contributed by atoms with van der Waals surface area (Å²) in [6, 6.07) is 11.7. The second-order valence-corrected chi connectivity index (χ2v) is 16.5. The van der Waals surface area contributed by atoms with E-state index in [4.69, 9.17) is 9.72 Å². The Morgan fingerprint density at radius 2 is 1.79 bits per heavy atom. The number of hydrogen-bond acceptors (Lipinski definition) is 11. The van der Waals surface area contributed by atoms with Gasteiger partial charge in [0, 0.05) is 73.4 Å². The molecule has 0 radical (unpaired) electrons. The molecule has 1 saturated heterocycles. The van der Waals surface area contributed by atoms with Gasteiger partial charge in [-0.15, -0.1) is 0 Å². The van der Waals surface area contributed by atoms with Crippen molar-refractivity contribution >= 4 is 43.6 Å². The maximum atomic E-state index is 13.7. The highest BCUT2D eigenvalue weighted by Gasteiger charge is 2.60. The van der Waals surface area contributed by atoms with E-state index in [2.05, 4.69) is 53.4 Å². The lowest BCUT2D eigenvalue weighted by Crippen LogP contribution is -2.54. The minimum absolute atomic E-state index is 0.0779. The van der Waals surface area contributed by atoms with Crippen molar-refractivity contribution in [2.75, 3.05) is 19.6 Å². The zero-order valence-corrected chi connectivity index (χ0v) is 29.8. The molecule has 3 N–H and O–H groups in total. The van der Waals surface area contributed by atoms with Crippen LogP contribution in [-0.4, -0.2) is 93.7 Å². The van der Waals surface area contributed by atoms with E-state index in [0.717, 1.165) is 48.3 Å². The van der Waals surface area contributed by atoms with E-state index in [9.17, 15) is 18.0 Å².